The van der Waals surface area contributed by atoms with E-state index in [0.717, 1.165) is 12.1 Å². The number of allylic oxidation sites excluding steroid dienone is 3. The van der Waals surface area contributed by atoms with Gasteiger partial charge in [0.15, 0.2) is 0 Å². The van der Waals surface area contributed by atoms with Crippen LogP contribution in [0.1, 0.15) is 33.1 Å². The van der Waals surface area contributed by atoms with Gasteiger partial charge in [-0.1, -0.05) is 18.6 Å². The molecule has 1 saturated carbocycles. The summed E-state index contributed by atoms with van der Waals surface area (Å²) in [7, 11) is 0. The standard InChI is InChI=1S/C13H20N2O3/c1-3-6-9(4-2)14-15-12(16)10-7-5-8-11(10)13(17)18/h3-4,6,10-11,14H,5,7-8H2,1-2H3,(H,15,16)(H,17,18)/b6-3-,9-4+. The summed E-state index contributed by atoms with van der Waals surface area (Å²) in [5.74, 6) is -2.11. The third-order valence-corrected chi connectivity index (χ3v) is 3.16. The smallest absolute Gasteiger partial charge is 0.307 e. The highest BCUT2D eigenvalue weighted by molar-refractivity contribution is 5.85. The van der Waals surface area contributed by atoms with Crippen LogP contribution in [0.2, 0.25) is 0 Å². The van der Waals surface area contributed by atoms with E-state index in [4.69, 9.17) is 5.11 Å². The van der Waals surface area contributed by atoms with Crippen LogP contribution in [-0.2, 0) is 9.59 Å². The number of rotatable bonds is 5. The van der Waals surface area contributed by atoms with E-state index < -0.39 is 17.8 Å². The van der Waals surface area contributed by atoms with Gasteiger partial charge < -0.3 is 5.11 Å². The van der Waals surface area contributed by atoms with Gasteiger partial charge in [-0.05, 0) is 32.8 Å². The third kappa shape index (κ3) is 3.61. The van der Waals surface area contributed by atoms with E-state index in [1.807, 2.05) is 32.1 Å². The van der Waals surface area contributed by atoms with Crippen LogP contribution >= 0.6 is 0 Å². The molecule has 0 radical (unpaired) electrons. The minimum atomic E-state index is -0.882. The van der Waals surface area contributed by atoms with Gasteiger partial charge in [0.05, 0.1) is 11.8 Å². The van der Waals surface area contributed by atoms with Crippen molar-refractivity contribution in [1.82, 2.24) is 10.9 Å². The molecule has 0 aromatic rings. The van der Waals surface area contributed by atoms with Crippen molar-refractivity contribution in [1.29, 1.82) is 0 Å². The van der Waals surface area contributed by atoms with Gasteiger partial charge in [0.2, 0.25) is 5.91 Å². The van der Waals surface area contributed by atoms with Gasteiger partial charge in [-0.2, -0.15) is 0 Å². The Morgan fingerprint density at radius 3 is 2.39 bits per heavy atom. The Bertz CT molecular complexity index is 374. The van der Waals surface area contributed by atoms with E-state index >= 15 is 0 Å². The van der Waals surface area contributed by atoms with Crippen LogP contribution in [0.25, 0.3) is 0 Å². The van der Waals surface area contributed by atoms with Crippen molar-refractivity contribution in [3.63, 3.8) is 0 Å². The molecule has 2 unspecified atom stereocenters. The van der Waals surface area contributed by atoms with E-state index in [1.165, 1.54) is 0 Å². The zero-order valence-electron chi connectivity index (χ0n) is 10.8. The molecule has 5 heteroatoms. The fraction of sp³-hybridized carbons (Fsp3) is 0.538. The van der Waals surface area contributed by atoms with E-state index in [-0.39, 0.29) is 5.91 Å². The summed E-state index contributed by atoms with van der Waals surface area (Å²) in [6.45, 7) is 3.73. The van der Waals surface area contributed by atoms with E-state index in [2.05, 4.69) is 10.9 Å². The molecule has 18 heavy (non-hydrogen) atoms. The maximum absolute atomic E-state index is 11.9. The van der Waals surface area contributed by atoms with Crippen LogP contribution in [0.5, 0.6) is 0 Å². The Balaban J connectivity index is 2.53. The second-order valence-electron chi connectivity index (χ2n) is 4.34. The molecule has 1 rings (SSSR count). The monoisotopic (exact) mass is 252 g/mol. The van der Waals surface area contributed by atoms with Crippen molar-refractivity contribution in [3.05, 3.63) is 23.9 Å². The van der Waals surface area contributed by atoms with Gasteiger partial charge in [-0.25, -0.2) is 0 Å². The Morgan fingerprint density at radius 2 is 1.83 bits per heavy atom. The fourth-order valence-electron chi connectivity index (χ4n) is 2.19. The highest BCUT2D eigenvalue weighted by Gasteiger charge is 2.37. The van der Waals surface area contributed by atoms with E-state index in [9.17, 15) is 9.59 Å². The van der Waals surface area contributed by atoms with Crippen molar-refractivity contribution in [2.24, 2.45) is 11.8 Å². The Morgan fingerprint density at radius 1 is 1.17 bits per heavy atom. The molecule has 5 nitrogen and oxygen atoms in total. The van der Waals surface area contributed by atoms with Gasteiger partial charge in [0.25, 0.3) is 0 Å². The van der Waals surface area contributed by atoms with Gasteiger partial charge in [-0.3, -0.25) is 20.4 Å². The first-order valence-corrected chi connectivity index (χ1v) is 6.17. The van der Waals surface area contributed by atoms with Crippen LogP contribution in [-0.4, -0.2) is 17.0 Å². The summed E-state index contributed by atoms with van der Waals surface area (Å²) in [6.07, 6.45) is 7.51. The molecule has 1 amide bonds. The predicted molar refractivity (Wildman–Crippen MR) is 68.3 cm³/mol. The average molecular weight is 252 g/mol. The largest absolute Gasteiger partial charge is 0.481 e. The summed E-state index contributed by atoms with van der Waals surface area (Å²) in [4.78, 5) is 22.9. The Labute approximate surface area is 107 Å². The van der Waals surface area contributed by atoms with Crippen LogP contribution < -0.4 is 10.9 Å². The van der Waals surface area contributed by atoms with Gasteiger partial charge in [-0.15, -0.1) is 0 Å². The number of nitrogens with one attached hydrogen (secondary N) is 2. The van der Waals surface area contributed by atoms with Crippen LogP contribution in [0.4, 0.5) is 0 Å². The minimum Gasteiger partial charge on any atom is -0.481 e. The lowest BCUT2D eigenvalue weighted by molar-refractivity contribution is -0.146. The normalized spacial score (nSPS) is 24.2. The molecule has 0 heterocycles. The summed E-state index contributed by atoms with van der Waals surface area (Å²) >= 11 is 0. The molecule has 1 aliphatic rings. The zero-order valence-corrected chi connectivity index (χ0v) is 10.8. The molecule has 0 aliphatic heterocycles. The van der Waals surface area contributed by atoms with Crippen LogP contribution in [0, 0.1) is 11.8 Å². The Hall–Kier alpha value is -1.78. The van der Waals surface area contributed by atoms with Crippen molar-refractivity contribution >= 4 is 11.9 Å². The summed E-state index contributed by atoms with van der Waals surface area (Å²) in [5, 5.41) is 9.02. The predicted octanol–water partition coefficient (Wildman–Crippen LogP) is 1.59. The first-order chi connectivity index (χ1) is 8.60. The van der Waals surface area contributed by atoms with Gasteiger partial charge in [0.1, 0.15) is 0 Å². The molecule has 0 spiro atoms. The SMILES string of the molecule is C/C=C\C(=C/C)NNC(=O)C1CCCC1C(=O)O. The molecular weight excluding hydrogens is 232 g/mol. The lowest BCUT2D eigenvalue weighted by atomic mass is 9.96. The van der Waals surface area contributed by atoms with Crippen molar-refractivity contribution < 1.29 is 14.7 Å². The number of hydrazine groups is 1. The molecule has 0 aromatic carbocycles. The molecule has 1 fully saturated rings. The number of hydrogen-bond donors (Lipinski definition) is 3. The zero-order chi connectivity index (χ0) is 13.5. The quantitative estimate of drug-likeness (QED) is 0.513. The number of aliphatic carboxylic acids is 1. The summed E-state index contributed by atoms with van der Waals surface area (Å²) < 4.78 is 0. The summed E-state index contributed by atoms with van der Waals surface area (Å²) in [6, 6.07) is 0. The van der Waals surface area contributed by atoms with Crippen LogP contribution in [0.3, 0.4) is 0 Å². The van der Waals surface area contributed by atoms with Crippen LogP contribution in [0.15, 0.2) is 23.9 Å². The lowest BCUT2D eigenvalue weighted by Crippen LogP contribution is -2.42. The first kappa shape index (κ1) is 14.3. The highest BCUT2D eigenvalue weighted by Crippen LogP contribution is 2.31. The molecule has 100 valence electrons. The second-order valence-corrected chi connectivity index (χ2v) is 4.34. The molecule has 2 atom stereocenters. The third-order valence-electron chi connectivity index (χ3n) is 3.16. The topological polar surface area (TPSA) is 78.4 Å². The highest BCUT2D eigenvalue weighted by atomic mass is 16.4. The molecule has 3 N–H and O–H groups in total. The first-order valence-electron chi connectivity index (χ1n) is 6.17. The summed E-state index contributed by atoms with van der Waals surface area (Å²) in [5.41, 5.74) is 6.14. The van der Waals surface area contributed by atoms with Crippen molar-refractivity contribution in [2.45, 2.75) is 33.1 Å². The maximum Gasteiger partial charge on any atom is 0.307 e. The van der Waals surface area contributed by atoms with E-state index in [0.29, 0.717) is 12.8 Å². The molecule has 0 saturated heterocycles. The second kappa shape index (κ2) is 6.83. The molecule has 0 bridgehead atoms. The van der Waals surface area contributed by atoms with Gasteiger partial charge >= 0.3 is 5.97 Å². The van der Waals surface area contributed by atoms with Crippen molar-refractivity contribution in [3.8, 4) is 0 Å². The molecule has 1 aliphatic carbocycles. The number of hydrogen-bond acceptors (Lipinski definition) is 3. The Kier molecular flexibility index (Phi) is 5.42. The van der Waals surface area contributed by atoms with E-state index in [1.54, 1.807) is 0 Å². The number of carboxylic acids is 1. The lowest BCUT2D eigenvalue weighted by Gasteiger charge is -2.16. The number of amides is 1. The molecule has 0 aromatic heterocycles. The number of carbonyl (C=O) groups excluding carboxylic acids is 1. The van der Waals surface area contributed by atoms with Crippen molar-refractivity contribution in [2.75, 3.05) is 0 Å². The van der Waals surface area contributed by atoms with Gasteiger partial charge in [0, 0.05) is 5.70 Å². The maximum atomic E-state index is 11.9. The number of carbonyl (C=O) groups is 2. The number of carboxylic acid groups (broad SMARTS) is 1. The average Bonchev–Trinajstić information content (AvgIpc) is 2.83. The molecular formula is C13H20N2O3. The fourth-order valence-corrected chi connectivity index (χ4v) is 2.19. The minimum absolute atomic E-state index is 0.247.